The van der Waals surface area contributed by atoms with Crippen LogP contribution in [0, 0.1) is 17.3 Å². The van der Waals surface area contributed by atoms with Crippen molar-refractivity contribution >= 4 is 11.9 Å². The lowest BCUT2D eigenvalue weighted by Crippen LogP contribution is -2.39. The second kappa shape index (κ2) is 16.6. The van der Waals surface area contributed by atoms with E-state index in [0.717, 1.165) is 44.9 Å². The van der Waals surface area contributed by atoms with E-state index in [-0.39, 0.29) is 34.1 Å². The molecule has 0 bridgehead atoms. The molecule has 0 aliphatic heterocycles. The van der Waals surface area contributed by atoms with Gasteiger partial charge in [-0.15, -0.1) is 0 Å². The number of hydrogen-bond donors (Lipinski definition) is 0. The average molecular weight is 553 g/mol. The number of benzene rings is 2. The average Bonchev–Trinajstić information content (AvgIpc) is 3.01. The molecule has 3 atom stereocenters. The lowest BCUT2D eigenvalue weighted by Gasteiger charge is -2.41. The predicted molar refractivity (Wildman–Crippen MR) is 167 cm³/mol. The van der Waals surface area contributed by atoms with Crippen molar-refractivity contribution in [3.63, 3.8) is 0 Å². The Hall–Kier alpha value is -2.62. The minimum Gasteiger partial charge on any atom is -0.469 e. The van der Waals surface area contributed by atoms with Crippen molar-refractivity contribution in [2.24, 2.45) is 17.3 Å². The van der Waals surface area contributed by atoms with Crippen LogP contribution in [-0.2, 0) is 29.9 Å². The van der Waals surface area contributed by atoms with E-state index in [1.54, 1.807) is 0 Å². The van der Waals surface area contributed by atoms with Gasteiger partial charge in [-0.1, -0.05) is 109 Å². The molecule has 0 saturated heterocycles. The molecule has 2 aliphatic rings. The van der Waals surface area contributed by atoms with Crippen LogP contribution in [0.5, 0.6) is 0 Å². The molecule has 2 fully saturated rings. The van der Waals surface area contributed by atoms with Gasteiger partial charge in [-0.05, 0) is 79.7 Å². The van der Waals surface area contributed by atoms with Crippen molar-refractivity contribution in [1.29, 1.82) is 0 Å². The van der Waals surface area contributed by atoms with Gasteiger partial charge in [0.05, 0.1) is 25.6 Å². The number of carbonyl (C=O) groups is 2. The number of esters is 2. The minimum atomic E-state index is -0.289. The summed E-state index contributed by atoms with van der Waals surface area (Å²) in [4.78, 5) is 23.5. The fourth-order valence-electron chi connectivity index (χ4n) is 6.25. The lowest BCUT2D eigenvalue weighted by atomic mass is 9.63. The van der Waals surface area contributed by atoms with Crippen LogP contribution < -0.4 is 0 Å². The van der Waals surface area contributed by atoms with Crippen molar-refractivity contribution in [2.75, 3.05) is 14.2 Å². The summed E-state index contributed by atoms with van der Waals surface area (Å²) in [5, 5.41) is 0. The Morgan fingerprint density at radius 3 is 1.52 bits per heavy atom. The first-order valence-electron chi connectivity index (χ1n) is 15.3. The van der Waals surface area contributed by atoms with E-state index in [4.69, 9.17) is 9.47 Å². The molecular weight excluding hydrogens is 496 g/mol. The van der Waals surface area contributed by atoms with E-state index < -0.39 is 0 Å². The van der Waals surface area contributed by atoms with E-state index in [2.05, 4.69) is 75.4 Å². The second-order valence-electron chi connectivity index (χ2n) is 11.8. The highest BCUT2D eigenvalue weighted by molar-refractivity contribution is 5.76. The molecule has 2 aromatic rings. The number of carbonyl (C=O) groups excluding carboxylic acids is 2. The summed E-state index contributed by atoms with van der Waals surface area (Å²) in [7, 11) is 2.97. The molecule has 4 nitrogen and oxygen atoms in total. The molecule has 0 radical (unpaired) electrons. The van der Waals surface area contributed by atoms with E-state index in [9.17, 15) is 9.59 Å². The van der Waals surface area contributed by atoms with Gasteiger partial charge in [0, 0.05) is 0 Å². The zero-order valence-electron chi connectivity index (χ0n) is 27.0. The van der Waals surface area contributed by atoms with E-state index in [0.29, 0.717) is 5.92 Å². The molecule has 2 saturated carbocycles. The summed E-state index contributed by atoms with van der Waals surface area (Å²) in [5.41, 5.74) is 2.89. The van der Waals surface area contributed by atoms with Gasteiger partial charge in [0.15, 0.2) is 0 Å². The molecule has 2 aliphatic carbocycles. The molecule has 0 heterocycles. The van der Waals surface area contributed by atoms with Gasteiger partial charge < -0.3 is 9.47 Å². The zero-order valence-corrected chi connectivity index (χ0v) is 27.0. The third-order valence-electron chi connectivity index (χ3n) is 9.05. The Bertz CT molecular complexity index is 992. The molecule has 4 heteroatoms. The van der Waals surface area contributed by atoms with Gasteiger partial charge in [0.1, 0.15) is 0 Å². The van der Waals surface area contributed by atoms with Crippen molar-refractivity contribution < 1.29 is 19.1 Å². The quantitative estimate of drug-likeness (QED) is 0.355. The first-order chi connectivity index (χ1) is 19.1. The SMILES string of the molecule is CC.CC.COC(=O)C1(C)CCC(C)(c2ccccc2)CC1.COC(=O)C1CCC(C)(c2ccccc2)CC1C. The fraction of sp³-hybridized carbons (Fsp3) is 0.611. The van der Waals surface area contributed by atoms with Gasteiger partial charge in [-0.2, -0.15) is 0 Å². The van der Waals surface area contributed by atoms with Gasteiger partial charge in [-0.25, -0.2) is 0 Å². The van der Waals surface area contributed by atoms with Crippen LogP contribution in [0.4, 0.5) is 0 Å². The third kappa shape index (κ3) is 8.94. The van der Waals surface area contributed by atoms with Gasteiger partial charge in [0.2, 0.25) is 0 Å². The van der Waals surface area contributed by atoms with Crippen LogP contribution >= 0.6 is 0 Å². The normalized spacial score (nSPS) is 29.1. The molecule has 4 rings (SSSR count). The van der Waals surface area contributed by atoms with Crippen molar-refractivity contribution in [3.8, 4) is 0 Å². The number of methoxy groups -OCH3 is 2. The Kier molecular flexibility index (Phi) is 14.7. The molecule has 3 unspecified atom stereocenters. The summed E-state index contributed by atoms with van der Waals surface area (Å²) in [5.74, 6) is 0.360. The number of hydrogen-bond acceptors (Lipinski definition) is 4. The molecule has 0 amide bonds. The molecule has 0 aromatic heterocycles. The fourth-order valence-corrected chi connectivity index (χ4v) is 6.25. The molecule has 0 N–H and O–H groups in total. The Labute approximate surface area is 245 Å². The van der Waals surface area contributed by atoms with Crippen LogP contribution in [-0.4, -0.2) is 26.2 Å². The predicted octanol–water partition coefficient (Wildman–Crippen LogP) is 9.30. The maximum absolute atomic E-state index is 11.8. The Morgan fingerprint density at radius 1 is 0.675 bits per heavy atom. The Morgan fingerprint density at radius 2 is 1.12 bits per heavy atom. The molecule has 40 heavy (non-hydrogen) atoms. The van der Waals surface area contributed by atoms with Crippen LogP contribution in [0.1, 0.15) is 111 Å². The topological polar surface area (TPSA) is 52.6 Å². The summed E-state index contributed by atoms with van der Waals surface area (Å²) in [6.45, 7) is 16.8. The van der Waals surface area contributed by atoms with Crippen LogP contribution in [0.2, 0.25) is 0 Å². The minimum absolute atomic E-state index is 0.0439. The molecule has 2 aromatic carbocycles. The highest BCUT2D eigenvalue weighted by atomic mass is 16.5. The van der Waals surface area contributed by atoms with E-state index in [1.165, 1.54) is 25.3 Å². The monoisotopic (exact) mass is 552 g/mol. The summed E-state index contributed by atoms with van der Waals surface area (Å²) in [6, 6.07) is 21.3. The van der Waals surface area contributed by atoms with Crippen molar-refractivity contribution in [3.05, 3.63) is 71.8 Å². The molecule has 224 valence electrons. The molecular formula is C36H56O4. The maximum atomic E-state index is 11.8. The zero-order chi connectivity index (χ0) is 30.4. The summed E-state index contributed by atoms with van der Waals surface area (Å²) < 4.78 is 9.82. The highest BCUT2D eigenvalue weighted by Crippen LogP contribution is 2.47. The van der Waals surface area contributed by atoms with Crippen molar-refractivity contribution in [1.82, 2.24) is 0 Å². The number of ether oxygens (including phenoxy) is 2. The van der Waals surface area contributed by atoms with E-state index in [1.807, 2.05) is 40.7 Å². The summed E-state index contributed by atoms with van der Waals surface area (Å²) in [6.07, 6.45) is 6.94. The van der Waals surface area contributed by atoms with Crippen LogP contribution in [0.3, 0.4) is 0 Å². The first-order valence-corrected chi connectivity index (χ1v) is 15.3. The largest absolute Gasteiger partial charge is 0.469 e. The van der Waals surface area contributed by atoms with E-state index >= 15 is 0 Å². The third-order valence-corrected chi connectivity index (χ3v) is 9.05. The standard InChI is InChI=1S/2C16H22O2.2C2H6/c1-15(13-7-5-4-6-8-13)9-11-16(2,12-10-15)14(17)18-3;1-12-11-16(2,13-7-5-4-6-8-13)10-9-14(12)15(17)18-3;2*1-2/h4-8H,9-12H2,1-3H3;4-8,12,14H,9-11H2,1-3H3;2*1-2H3. The second-order valence-corrected chi connectivity index (χ2v) is 11.8. The first kappa shape index (κ1) is 35.4. The Balaban J connectivity index is 0.000000356. The lowest BCUT2D eigenvalue weighted by molar-refractivity contribution is -0.154. The highest BCUT2D eigenvalue weighted by Gasteiger charge is 2.43. The molecule has 0 spiro atoms. The smallest absolute Gasteiger partial charge is 0.311 e. The van der Waals surface area contributed by atoms with Gasteiger partial charge in [0.25, 0.3) is 0 Å². The van der Waals surface area contributed by atoms with Gasteiger partial charge in [-0.3, -0.25) is 9.59 Å². The van der Waals surface area contributed by atoms with Crippen LogP contribution in [0.15, 0.2) is 60.7 Å². The summed E-state index contributed by atoms with van der Waals surface area (Å²) >= 11 is 0. The maximum Gasteiger partial charge on any atom is 0.311 e. The van der Waals surface area contributed by atoms with Crippen LogP contribution in [0.25, 0.3) is 0 Å². The van der Waals surface area contributed by atoms with Crippen molar-refractivity contribution in [2.45, 2.75) is 111 Å². The van der Waals surface area contributed by atoms with Gasteiger partial charge >= 0.3 is 11.9 Å². The number of rotatable bonds is 4.